The zero-order chi connectivity index (χ0) is 24.6. The molecule has 1 aromatic carbocycles. The molecule has 3 N–H and O–H groups in total. The highest BCUT2D eigenvalue weighted by Crippen LogP contribution is 2.35. The minimum absolute atomic E-state index is 0.193. The van der Waals surface area contributed by atoms with Gasteiger partial charge in [-0.05, 0) is 80.3 Å². The molecule has 3 heterocycles. The molecule has 0 unspecified atom stereocenters. The Labute approximate surface area is 200 Å². The third-order valence-electron chi connectivity index (χ3n) is 7.16. The van der Waals surface area contributed by atoms with E-state index in [0.29, 0.717) is 24.6 Å². The van der Waals surface area contributed by atoms with Crippen LogP contribution in [0.2, 0.25) is 0 Å². The molecule has 7 nitrogen and oxygen atoms in total. The Balaban J connectivity index is 1.24. The van der Waals surface area contributed by atoms with E-state index in [9.17, 15) is 18.0 Å². The molecule has 186 valence electrons. The Kier molecular flexibility index (Phi) is 6.39. The number of benzene rings is 1. The Hall–Kier alpha value is -3.14. The first-order valence-electron chi connectivity index (χ1n) is 12.0. The minimum atomic E-state index is -4.76. The number of nitrogens with zero attached hydrogens (tertiary/aromatic N) is 3. The number of nitrogens with two attached hydrogens (primary N) is 1. The molecule has 1 saturated carbocycles. The second-order valence-corrected chi connectivity index (χ2v) is 9.47. The number of pyridine rings is 1. The van der Waals surface area contributed by atoms with Crippen LogP contribution in [0.3, 0.4) is 0 Å². The summed E-state index contributed by atoms with van der Waals surface area (Å²) in [6, 6.07) is 7.37. The van der Waals surface area contributed by atoms with E-state index < -0.39 is 6.36 Å². The summed E-state index contributed by atoms with van der Waals surface area (Å²) in [5.74, 6) is 1.09. The quantitative estimate of drug-likeness (QED) is 0.548. The van der Waals surface area contributed by atoms with Crippen LogP contribution in [0, 0.1) is 0 Å². The van der Waals surface area contributed by atoms with Crippen LogP contribution in [0.4, 0.5) is 13.2 Å². The van der Waals surface area contributed by atoms with Crippen molar-refractivity contribution in [3.63, 3.8) is 0 Å². The number of rotatable bonds is 4. The number of alkyl halides is 3. The van der Waals surface area contributed by atoms with E-state index >= 15 is 0 Å². The van der Waals surface area contributed by atoms with Crippen molar-refractivity contribution in [1.29, 1.82) is 0 Å². The fourth-order valence-electron chi connectivity index (χ4n) is 5.25. The molecular formula is C25H28F3N5O2. The molecule has 2 aliphatic rings. The molecule has 1 saturated heterocycles. The van der Waals surface area contributed by atoms with E-state index in [1.165, 1.54) is 17.7 Å². The topological polar surface area (TPSA) is 97.1 Å². The van der Waals surface area contributed by atoms with Crippen molar-refractivity contribution >= 4 is 17.1 Å². The fraction of sp³-hybridized carbons (Fsp3) is 0.480. The second-order valence-electron chi connectivity index (χ2n) is 9.47. The SMILES string of the molecule is NC1CCC(c2nc3nccc(C4CCN(C(=O)c5ccc(OC(F)(F)F)cc5)CC4)c3[nH]2)CC1. The average Bonchev–Trinajstić information content (AvgIpc) is 3.28. The maximum atomic E-state index is 12.9. The Morgan fingerprint density at radius 1 is 1.00 bits per heavy atom. The smallest absolute Gasteiger partial charge is 0.406 e. The number of nitrogens with one attached hydrogen (secondary N) is 1. The van der Waals surface area contributed by atoms with Crippen LogP contribution in [-0.2, 0) is 0 Å². The number of likely N-dealkylation sites (tertiary alicyclic amines) is 1. The minimum Gasteiger partial charge on any atom is -0.406 e. The number of H-pyrrole nitrogens is 1. The molecule has 2 aromatic heterocycles. The van der Waals surface area contributed by atoms with Crippen LogP contribution >= 0.6 is 0 Å². The van der Waals surface area contributed by atoms with E-state index in [0.717, 1.165) is 67.6 Å². The Bertz CT molecular complexity index is 1180. The molecule has 0 radical (unpaired) electrons. The predicted molar refractivity (Wildman–Crippen MR) is 124 cm³/mol. The van der Waals surface area contributed by atoms with Gasteiger partial charge in [-0.25, -0.2) is 9.97 Å². The van der Waals surface area contributed by atoms with Gasteiger partial charge in [0.15, 0.2) is 5.65 Å². The van der Waals surface area contributed by atoms with Gasteiger partial charge in [0.25, 0.3) is 5.91 Å². The van der Waals surface area contributed by atoms with E-state index in [1.54, 1.807) is 11.1 Å². The number of carbonyl (C=O) groups excluding carboxylic acids is 1. The van der Waals surface area contributed by atoms with Gasteiger partial charge in [-0.3, -0.25) is 4.79 Å². The molecule has 1 aliphatic heterocycles. The van der Waals surface area contributed by atoms with Gasteiger partial charge in [0.05, 0.1) is 5.52 Å². The first-order chi connectivity index (χ1) is 16.8. The van der Waals surface area contributed by atoms with Crippen molar-refractivity contribution in [2.75, 3.05) is 13.1 Å². The number of carbonyl (C=O) groups is 1. The number of piperidine rings is 1. The van der Waals surface area contributed by atoms with Gasteiger partial charge in [0, 0.05) is 36.8 Å². The van der Waals surface area contributed by atoms with Crippen LogP contribution in [-0.4, -0.2) is 51.3 Å². The Morgan fingerprint density at radius 2 is 1.69 bits per heavy atom. The van der Waals surface area contributed by atoms with Gasteiger partial charge >= 0.3 is 6.36 Å². The van der Waals surface area contributed by atoms with Gasteiger partial charge in [-0.1, -0.05) is 0 Å². The van der Waals surface area contributed by atoms with Crippen molar-refractivity contribution in [1.82, 2.24) is 19.9 Å². The molecule has 1 amide bonds. The monoisotopic (exact) mass is 487 g/mol. The van der Waals surface area contributed by atoms with Crippen LogP contribution < -0.4 is 10.5 Å². The van der Waals surface area contributed by atoms with Crippen molar-refractivity contribution in [2.45, 2.75) is 62.8 Å². The summed E-state index contributed by atoms with van der Waals surface area (Å²) in [6.07, 6.45) is 2.67. The standard InChI is InChI=1S/C25H28F3N5O2/c26-25(27,28)35-19-7-3-17(4-8-19)24(34)33-13-10-15(11-14-33)20-9-12-30-23-21(20)31-22(32-23)16-1-5-18(29)6-2-16/h3-4,7-9,12,15-16,18H,1-2,5-6,10-11,13-14,29H2,(H,30,31,32). The number of amides is 1. The molecule has 2 fully saturated rings. The highest BCUT2D eigenvalue weighted by atomic mass is 19.4. The third kappa shape index (κ3) is 5.27. The summed E-state index contributed by atoms with van der Waals surface area (Å²) in [6.45, 7) is 1.13. The zero-order valence-electron chi connectivity index (χ0n) is 19.2. The van der Waals surface area contributed by atoms with Gasteiger partial charge in [0.2, 0.25) is 0 Å². The third-order valence-corrected chi connectivity index (χ3v) is 7.16. The molecule has 35 heavy (non-hydrogen) atoms. The van der Waals surface area contributed by atoms with E-state index in [-0.39, 0.29) is 23.6 Å². The highest BCUT2D eigenvalue weighted by molar-refractivity contribution is 5.94. The number of imidazole rings is 1. The number of fused-ring (bicyclic) bond motifs is 1. The largest absolute Gasteiger partial charge is 0.573 e. The molecule has 5 rings (SSSR count). The number of hydrogen-bond acceptors (Lipinski definition) is 5. The van der Waals surface area contributed by atoms with E-state index in [4.69, 9.17) is 10.7 Å². The molecule has 3 aromatic rings. The van der Waals surface area contributed by atoms with Crippen molar-refractivity contribution in [2.24, 2.45) is 5.73 Å². The van der Waals surface area contributed by atoms with Gasteiger partial charge in [0.1, 0.15) is 11.6 Å². The van der Waals surface area contributed by atoms with Crippen molar-refractivity contribution in [3.05, 3.63) is 53.5 Å². The Morgan fingerprint density at radius 3 is 2.34 bits per heavy atom. The average molecular weight is 488 g/mol. The summed E-state index contributed by atoms with van der Waals surface area (Å²) in [7, 11) is 0. The summed E-state index contributed by atoms with van der Waals surface area (Å²) < 4.78 is 41.0. The summed E-state index contributed by atoms with van der Waals surface area (Å²) in [5.41, 5.74) is 9.27. The summed E-state index contributed by atoms with van der Waals surface area (Å²) in [4.78, 5) is 27.4. The number of aromatic nitrogens is 3. The molecular weight excluding hydrogens is 459 g/mol. The summed E-state index contributed by atoms with van der Waals surface area (Å²) in [5, 5.41) is 0. The number of aromatic amines is 1. The lowest BCUT2D eigenvalue weighted by Gasteiger charge is -2.32. The van der Waals surface area contributed by atoms with E-state index in [1.807, 2.05) is 6.07 Å². The normalized spacial score (nSPS) is 21.9. The lowest BCUT2D eigenvalue weighted by molar-refractivity contribution is -0.274. The van der Waals surface area contributed by atoms with Crippen molar-refractivity contribution < 1.29 is 22.7 Å². The van der Waals surface area contributed by atoms with Gasteiger partial charge in [-0.2, -0.15) is 0 Å². The maximum Gasteiger partial charge on any atom is 0.573 e. The number of hydrogen-bond donors (Lipinski definition) is 2. The highest BCUT2D eigenvalue weighted by Gasteiger charge is 2.31. The van der Waals surface area contributed by atoms with Crippen LogP contribution in [0.1, 0.15) is 72.1 Å². The maximum absolute atomic E-state index is 12.9. The number of halogens is 3. The molecule has 0 atom stereocenters. The first-order valence-corrected chi connectivity index (χ1v) is 12.0. The van der Waals surface area contributed by atoms with Crippen LogP contribution in [0.25, 0.3) is 11.2 Å². The molecule has 1 aliphatic carbocycles. The molecule has 10 heteroatoms. The van der Waals surface area contributed by atoms with Crippen LogP contribution in [0.15, 0.2) is 36.5 Å². The van der Waals surface area contributed by atoms with E-state index in [2.05, 4.69) is 14.7 Å². The molecule has 0 spiro atoms. The lowest BCUT2D eigenvalue weighted by Crippen LogP contribution is -2.38. The lowest BCUT2D eigenvalue weighted by atomic mass is 9.86. The molecule has 0 bridgehead atoms. The predicted octanol–water partition coefficient (Wildman–Crippen LogP) is 4.86. The van der Waals surface area contributed by atoms with Gasteiger partial charge < -0.3 is 20.4 Å². The second kappa shape index (κ2) is 9.49. The first kappa shape index (κ1) is 23.6. The van der Waals surface area contributed by atoms with Crippen molar-refractivity contribution in [3.8, 4) is 5.75 Å². The van der Waals surface area contributed by atoms with Crippen LogP contribution in [0.5, 0.6) is 5.75 Å². The fourth-order valence-corrected chi connectivity index (χ4v) is 5.25. The number of ether oxygens (including phenoxy) is 1. The summed E-state index contributed by atoms with van der Waals surface area (Å²) >= 11 is 0. The van der Waals surface area contributed by atoms with Gasteiger partial charge in [-0.15, -0.1) is 13.2 Å². The zero-order valence-corrected chi connectivity index (χ0v) is 19.2.